The predicted molar refractivity (Wildman–Crippen MR) is 215 cm³/mol. The van der Waals surface area contributed by atoms with Crippen molar-refractivity contribution < 1.29 is 8.78 Å². The zero-order valence-corrected chi connectivity index (χ0v) is 33.4. The highest BCUT2D eigenvalue weighted by Gasteiger charge is 2.32. The first-order valence-corrected chi connectivity index (χ1v) is 22.3. The molecule has 4 aliphatic rings. The molecule has 0 unspecified atom stereocenters. The average molecular weight is 725 g/mol. The Morgan fingerprint density at radius 2 is 0.811 bits per heavy atom. The van der Waals surface area contributed by atoms with E-state index in [0.717, 1.165) is 84.2 Å². The maximum atomic E-state index is 14.1. The van der Waals surface area contributed by atoms with E-state index in [1.807, 2.05) is 12.1 Å². The Morgan fingerprint density at radius 3 is 1.11 bits per heavy atom. The lowest BCUT2D eigenvalue weighted by Crippen LogP contribution is -2.26. The van der Waals surface area contributed by atoms with Gasteiger partial charge in [-0.2, -0.15) is 10.5 Å². The lowest BCUT2D eigenvalue weighted by atomic mass is 9.68. The summed E-state index contributed by atoms with van der Waals surface area (Å²) in [4.78, 5) is 0. The van der Waals surface area contributed by atoms with Crippen LogP contribution in [0.25, 0.3) is 0 Å². The van der Waals surface area contributed by atoms with Crippen LogP contribution in [0.15, 0.2) is 36.4 Å². The van der Waals surface area contributed by atoms with Gasteiger partial charge in [0.2, 0.25) is 0 Å². The minimum atomic E-state index is -0.207. The van der Waals surface area contributed by atoms with Gasteiger partial charge < -0.3 is 0 Å². The van der Waals surface area contributed by atoms with Gasteiger partial charge in [0.1, 0.15) is 11.6 Å². The second-order valence-electron chi connectivity index (χ2n) is 18.0. The summed E-state index contributed by atoms with van der Waals surface area (Å²) in [5.41, 5.74) is 2.39. The Hall–Kier alpha value is -2.72. The third kappa shape index (κ3) is 12.9. The standard InChI is InChI=1S/C25H36FN.C24H34FN/c1-2-3-4-19-5-11-22(12-6-19)23-13-7-20(8-14-23)9-15-24-16-10-21(18-27)17-25(24)26;1-2-3-18-4-10-21(11-5-18)22-12-6-19(7-13-22)8-14-23-15-9-20(17-26)16-24(23)25/h10,16-17,19-20,22-23H,2-9,11-15H2,1H3;9,15-16,18-19,21-22H,2-8,10-14H2,1H3/t19-,20?,22-,23?;18-,19?,21-,22?. The van der Waals surface area contributed by atoms with Crippen molar-refractivity contribution in [2.75, 3.05) is 0 Å². The Balaban J connectivity index is 0.000000204. The number of benzene rings is 2. The van der Waals surface area contributed by atoms with Crippen molar-refractivity contribution in [3.05, 3.63) is 70.3 Å². The maximum absolute atomic E-state index is 14.1. The fourth-order valence-electron chi connectivity index (χ4n) is 11.1. The van der Waals surface area contributed by atoms with Gasteiger partial charge in [-0.25, -0.2) is 8.78 Å². The normalized spacial score (nSPS) is 28.9. The molecule has 290 valence electrons. The SMILES string of the molecule is CCCC[C@H]1CC[C@H](C2CCC(CCc3ccc(C#N)cc3F)CC2)CC1.CCC[C@H]1CC[C@H](C2CCC(CCc3ccc(C#N)cc3F)CC2)CC1. The van der Waals surface area contributed by atoms with Crippen LogP contribution < -0.4 is 0 Å². The van der Waals surface area contributed by atoms with Crippen molar-refractivity contribution in [1.82, 2.24) is 0 Å². The van der Waals surface area contributed by atoms with Crippen molar-refractivity contribution in [3.63, 3.8) is 0 Å². The smallest absolute Gasteiger partial charge is 0.127 e. The molecule has 0 aliphatic heterocycles. The first-order valence-electron chi connectivity index (χ1n) is 22.3. The highest BCUT2D eigenvalue weighted by molar-refractivity contribution is 5.33. The number of hydrogen-bond acceptors (Lipinski definition) is 2. The van der Waals surface area contributed by atoms with Crippen molar-refractivity contribution in [2.24, 2.45) is 47.3 Å². The van der Waals surface area contributed by atoms with Crippen LogP contribution in [0.5, 0.6) is 0 Å². The van der Waals surface area contributed by atoms with E-state index >= 15 is 0 Å². The average Bonchev–Trinajstić information content (AvgIpc) is 3.20. The monoisotopic (exact) mass is 725 g/mol. The molecule has 0 atom stereocenters. The Kier molecular flexibility index (Phi) is 17.2. The number of halogens is 2. The largest absolute Gasteiger partial charge is 0.207 e. The fourth-order valence-corrected chi connectivity index (χ4v) is 11.1. The summed E-state index contributed by atoms with van der Waals surface area (Å²) in [6.07, 6.45) is 33.5. The first-order chi connectivity index (χ1) is 25.9. The summed E-state index contributed by atoms with van der Waals surface area (Å²) in [6, 6.07) is 13.9. The van der Waals surface area contributed by atoms with Crippen LogP contribution in [0.1, 0.15) is 184 Å². The minimum Gasteiger partial charge on any atom is -0.207 e. The van der Waals surface area contributed by atoms with Gasteiger partial charge in [0.15, 0.2) is 0 Å². The Labute approximate surface area is 322 Å². The maximum Gasteiger partial charge on any atom is 0.127 e. The van der Waals surface area contributed by atoms with E-state index in [0.29, 0.717) is 11.1 Å². The number of hydrogen-bond donors (Lipinski definition) is 0. The number of rotatable bonds is 13. The summed E-state index contributed by atoms with van der Waals surface area (Å²) in [5.74, 6) is 7.02. The van der Waals surface area contributed by atoms with Crippen LogP contribution in [0, 0.1) is 81.6 Å². The molecule has 0 amide bonds. The fraction of sp³-hybridized carbons (Fsp3) is 0.714. The molecule has 0 spiro atoms. The molecule has 0 saturated heterocycles. The molecule has 0 aromatic heterocycles. The van der Waals surface area contributed by atoms with Crippen LogP contribution in [0.3, 0.4) is 0 Å². The van der Waals surface area contributed by atoms with Crippen LogP contribution in [0.2, 0.25) is 0 Å². The molecule has 2 nitrogen and oxygen atoms in total. The lowest BCUT2D eigenvalue weighted by Gasteiger charge is -2.38. The van der Waals surface area contributed by atoms with Crippen LogP contribution in [-0.2, 0) is 12.8 Å². The third-order valence-corrected chi connectivity index (χ3v) is 14.6. The molecular weight excluding hydrogens is 655 g/mol. The van der Waals surface area contributed by atoms with Crippen molar-refractivity contribution in [1.29, 1.82) is 10.5 Å². The zero-order valence-electron chi connectivity index (χ0n) is 33.4. The Bertz CT molecular complexity index is 1440. The third-order valence-electron chi connectivity index (χ3n) is 14.6. The second kappa shape index (κ2) is 22.0. The molecule has 4 saturated carbocycles. The second-order valence-corrected chi connectivity index (χ2v) is 18.0. The number of unbranched alkanes of at least 4 members (excludes halogenated alkanes) is 1. The highest BCUT2D eigenvalue weighted by atomic mass is 19.1. The topological polar surface area (TPSA) is 47.6 Å². The molecule has 4 fully saturated rings. The molecule has 0 radical (unpaired) electrons. The molecule has 53 heavy (non-hydrogen) atoms. The summed E-state index contributed by atoms with van der Waals surface area (Å²) in [5, 5.41) is 17.7. The van der Waals surface area contributed by atoms with Crippen molar-refractivity contribution >= 4 is 0 Å². The number of nitrogens with zero attached hydrogens (tertiary/aromatic N) is 2. The highest BCUT2D eigenvalue weighted by Crippen LogP contribution is 2.44. The summed E-state index contributed by atoms with van der Waals surface area (Å²) in [6.45, 7) is 4.62. The number of aryl methyl sites for hydroxylation is 2. The summed E-state index contributed by atoms with van der Waals surface area (Å²) < 4.78 is 28.1. The van der Waals surface area contributed by atoms with Crippen molar-refractivity contribution in [2.45, 2.75) is 174 Å². The summed E-state index contributed by atoms with van der Waals surface area (Å²) >= 11 is 0. The van der Waals surface area contributed by atoms with E-state index in [4.69, 9.17) is 10.5 Å². The van der Waals surface area contributed by atoms with E-state index < -0.39 is 0 Å². The summed E-state index contributed by atoms with van der Waals surface area (Å²) in [7, 11) is 0. The van der Waals surface area contributed by atoms with E-state index in [-0.39, 0.29) is 11.6 Å². The van der Waals surface area contributed by atoms with Gasteiger partial charge >= 0.3 is 0 Å². The van der Waals surface area contributed by atoms with E-state index in [1.165, 1.54) is 147 Å². The van der Waals surface area contributed by atoms with Gasteiger partial charge in [0.05, 0.1) is 23.3 Å². The van der Waals surface area contributed by atoms with Gasteiger partial charge in [0.25, 0.3) is 0 Å². The molecule has 0 N–H and O–H groups in total. The van der Waals surface area contributed by atoms with Crippen molar-refractivity contribution in [3.8, 4) is 12.1 Å². The molecule has 4 heteroatoms. The lowest BCUT2D eigenvalue weighted by molar-refractivity contribution is 0.140. The Morgan fingerprint density at radius 1 is 0.472 bits per heavy atom. The van der Waals surface area contributed by atoms with Crippen LogP contribution in [-0.4, -0.2) is 0 Å². The molecule has 2 aromatic carbocycles. The molecule has 0 bridgehead atoms. The minimum absolute atomic E-state index is 0.206. The first kappa shape index (κ1) is 41.4. The molecule has 0 heterocycles. The molecule has 2 aromatic rings. The van der Waals surface area contributed by atoms with E-state index in [1.54, 1.807) is 24.3 Å². The van der Waals surface area contributed by atoms with Gasteiger partial charge in [0, 0.05) is 0 Å². The van der Waals surface area contributed by atoms with E-state index in [9.17, 15) is 8.78 Å². The molecule has 4 aliphatic carbocycles. The van der Waals surface area contributed by atoms with Gasteiger partial charge in [-0.1, -0.05) is 109 Å². The van der Waals surface area contributed by atoms with Crippen LogP contribution >= 0.6 is 0 Å². The number of nitriles is 2. The quantitative estimate of drug-likeness (QED) is 0.206. The van der Waals surface area contributed by atoms with Gasteiger partial charge in [-0.15, -0.1) is 0 Å². The molecule has 6 rings (SSSR count). The van der Waals surface area contributed by atoms with E-state index in [2.05, 4.69) is 13.8 Å². The zero-order chi connectivity index (χ0) is 37.4. The van der Waals surface area contributed by atoms with Gasteiger partial charge in [-0.3, -0.25) is 0 Å². The van der Waals surface area contributed by atoms with Crippen LogP contribution in [0.4, 0.5) is 8.78 Å². The predicted octanol–water partition coefficient (Wildman–Crippen LogP) is 14.5. The molecular formula is C49H70F2N2. The van der Waals surface area contributed by atoms with Gasteiger partial charge in [-0.05, 0) is 160 Å².